The predicted molar refractivity (Wildman–Crippen MR) is 106 cm³/mol. The largest absolute Gasteiger partial charge is 0.370 e. The number of piperidine rings is 1. The lowest BCUT2D eigenvalue weighted by molar-refractivity contribution is -0.140. The van der Waals surface area contributed by atoms with E-state index in [2.05, 4.69) is 29.0 Å². The number of carbonyl (C=O) groups excluding carboxylic acids is 2. The lowest BCUT2D eigenvalue weighted by Gasteiger charge is -2.31. The Kier molecular flexibility index (Phi) is 5.41. The van der Waals surface area contributed by atoms with E-state index in [4.69, 9.17) is 5.73 Å². The molecule has 7 heteroatoms. The summed E-state index contributed by atoms with van der Waals surface area (Å²) in [5, 5.41) is 0. The van der Waals surface area contributed by atoms with Crippen LogP contribution in [0, 0.1) is 29.6 Å². The summed E-state index contributed by atoms with van der Waals surface area (Å²) >= 11 is 0. The van der Waals surface area contributed by atoms with Gasteiger partial charge in [0.25, 0.3) is 0 Å². The van der Waals surface area contributed by atoms with Crippen LogP contribution in [0.25, 0.3) is 0 Å². The summed E-state index contributed by atoms with van der Waals surface area (Å²) in [5.41, 5.74) is 6.07. The number of allylic oxidation sites excluding steroid dienone is 2. The molecular formula is C18H27IN4O2. The average Bonchev–Trinajstić information content (AvgIpc) is 3.24. The van der Waals surface area contributed by atoms with Crippen molar-refractivity contribution in [2.45, 2.75) is 26.2 Å². The second kappa shape index (κ2) is 7.25. The lowest BCUT2D eigenvalue weighted by atomic mass is 9.85. The molecule has 6 nitrogen and oxygen atoms in total. The minimum atomic E-state index is -0.114. The van der Waals surface area contributed by atoms with Crippen molar-refractivity contribution in [3.63, 3.8) is 0 Å². The van der Waals surface area contributed by atoms with Gasteiger partial charge in [-0.15, -0.1) is 24.0 Å². The number of guanidine groups is 1. The number of aliphatic imine (C=N–C) groups is 1. The Labute approximate surface area is 165 Å². The van der Waals surface area contributed by atoms with Gasteiger partial charge in [-0.1, -0.05) is 19.1 Å². The van der Waals surface area contributed by atoms with Gasteiger partial charge in [-0.05, 0) is 37.0 Å². The van der Waals surface area contributed by atoms with Crippen molar-refractivity contribution < 1.29 is 9.59 Å². The number of likely N-dealkylation sites (tertiary alicyclic amines) is 2. The summed E-state index contributed by atoms with van der Waals surface area (Å²) in [6.45, 7) is 4.90. The monoisotopic (exact) mass is 458 g/mol. The smallest absolute Gasteiger partial charge is 0.233 e. The molecule has 0 radical (unpaired) electrons. The Morgan fingerprint density at radius 3 is 2.28 bits per heavy atom. The molecule has 1 saturated carbocycles. The maximum Gasteiger partial charge on any atom is 0.233 e. The molecule has 0 spiro atoms. The number of nitrogens with two attached hydrogens (primary N) is 1. The Bertz CT molecular complexity index is 582. The zero-order chi connectivity index (χ0) is 16.8. The van der Waals surface area contributed by atoms with Gasteiger partial charge >= 0.3 is 0 Å². The van der Waals surface area contributed by atoms with E-state index in [1.807, 2.05) is 0 Å². The number of rotatable bonds is 3. The van der Waals surface area contributed by atoms with Crippen molar-refractivity contribution in [1.82, 2.24) is 9.80 Å². The molecule has 4 unspecified atom stereocenters. The van der Waals surface area contributed by atoms with Gasteiger partial charge in [0.05, 0.1) is 18.4 Å². The minimum absolute atomic E-state index is 0. The van der Waals surface area contributed by atoms with Gasteiger partial charge in [0.2, 0.25) is 11.8 Å². The molecule has 4 rings (SSSR count). The fourth-order valence-corrected chi connectivity index (χ4v) is 4.79. The SMILES string of the molecule is CC1CCN(C(N)=NCCN2C(=O)C3C4C=CC(C4)C3C2=O)CC1.I. The molecule has 3 fully saturated rings. The molecule has 2 aliphatic heterocycles. The summed E-state index contributed by atoms with van der Waals surface area (Å²) in [4.78, 5) is 33.1. The van der Waals surface area contributed by atoms with E-state index in [9.17, 15) is 9.59 Å². The van der Waals surface area contributed by atoms with Crippen molar-refractivity contribution in [2.24, 2.45) is 40.3 Å². The fraction of sp³-hybridized carbons (Fsp3) is 0.722. The molecule has 0 aromatic heterocycles. The summed E-state index contributed by atoms with van der Waals surface area (Å²) < 4.78 is 0. The Morgan fingerprint density at radius 1 is 1.16 bits per heavy atom. The second-order valence-corrected chi connectivity index (χ2v) is 7.74. The van der Waals surface area contributed by atoms with E-state index in [1.54, 1.807) is 0 Å². The topological polar surface area (TPSA) is 79.0 Å². The molecule has 0 aromatic rings. The van der Waals surface area contributed by atoms with Gasteiger partial charge in [-0.2, -0.15) is 0 Å². The van der Waals surface area contributed by atoms with Crippen LogP contribution in [0.4, 0.5) is 0 Å². The molecule has 25 heavy (non-hydrogen) atoms. The summed E-state index contributed by atoms with van der Waals surface area (Å²) in [5.74, 6) is 1.61. The molecule has 2 N–H and O–H groups in total. The molecule has 138 valence electrons. The standard InChI is InChI=1S/C18H26N4O2.HI/c1-11-4-7-21(8-5-11)18(19)20-6-9-22-16(23)14-12-2-3-13(10-12)15(14)17(22)24;/h2-3,11-15H,4-10H2,1H3,(H2,19,20);1H. The van der Waals surface area contributed by atoms with Crippen LogP contribution in [0.2, 0.25) is 0 Å². The van der Waals surface area contributed by atoms with E-state index < -0.39 is 0 Å². The highest BCUT2D eigenvalue weighted by Crippen LogP contribution is 2.52. The quantitative estimate of drug-likeness (QED) is 0.228. The number of halogens is 1. The van der Waals surface area contributed by atoms with Crippen molar-refractivity contribution in [1.29, 1.82) is 0 Å². The van der Waals surface area contributed by atoms with Gasteiger partial charge in [0, 0.05) is 19.6 Å². The number of hydrogen-bond donors (Lipinski definition) is 1. The van der Waals surface area contributed by atoms with E-state index in [0.29, 0.717) is 19.0 Å². The third-order valence-electron chi connectivity index (χ3n) is 6.27. The lowest BCUT2D eigenvalue weighted by Crippen LogP contribution is -2.43. The van der Waals surface area contributed by atoms with Gasteiger partial charge in [-0.3, -0.25) is 19.5 Å². The molecular weight excluding hydrogens is 431 g/mol. The fourth-order valence-electron chi connectivity index (χ4n) is 4.79. The highest BCUT2D eigenvalue weighted by Gasteiger charge is 2.58. The van der Waals surface area contributed by atoms with Crippen LogP contribution in [0.1, 0.15) is 26.2 Å². The first kappa shape index (κ1) is 18.7. The van der Waals surface area contributed by atoms with Gasteiger partial charge < -0.3 is 10.6 Å². The molecule has 4 aliphatic rings. The van der Waals surface area contributed by atoms with Gasteiger partial charge in [-0.25, -0.2) is 0 Å². The third kappa shape index (κ3) is 3.19. The van der Waals surface area contributed by atoms with Crippen LogP contribution >= 0.6 is 24.0 Å². The molecule has 0 aromatic carbocycles. The highest BCUT2D eigenvalue weighted by atomic mass is 127. The first-order valence-electron chi connectivity index (χ1n) is 9.14. The number of amides is 2. The Hall–Kier alpha value is -1.12. The zero-order valence-electron chi connectivity index (χ0n) is 14.6. The molecule has 2 saturated heterocycles. The first-order chi connectivity index (χ1) is 11.6. The highest BCUT2D eigenvalue weighted by molar-refractivity contribution is 14.0. The molecule has 2 aliphatic carbocycles. The van der Waals surface area contributed by atoms with Gasteiger partial charge in [0.15, 0.2) is 5.96 Å². The van der Waals surface area contributed by atoms with Crippen LogP contribution in [0.5, 0.6) is 0 Å². The Morgan fingerprint density at radius 2 is 1.72 bits per heavy atom. The number of hydrogen-bond acceptors (Lipinski definition) is 3. The second-order valence-electron chi connectivity index (χ2n) is 7.74. The van der Waals surface area contributed by atoms with Gasteiger partial charge in [0.1, 0.15) is 0 Å². The molecule has 2 amide bonds. The van der Waals surface area contributed by atoms with Crippen molar-refractivity contribution in [3.8, 4) is 0 Å². The summed E-state index contributed by atoms with van der Waals surface area (Å²) in [7, 11) is 0. The number of fused-ring (bicyclic) bond motifs is 5. The van der Waals surface area contributed by atoms with E-state index >= 15 is 0 Å². The van der Waals surface area contributed by atoms with Crippen molar-refractivity contribution in [3.05, 3.63) is 12.2 Å². The van der Waals surface area contributed by atoms with Crippen LogP contribution in [-0.2, 0) is 9.59 Å². The first-order valence-corrected chi connectivity index (χ1v) is 9.14. The van der Waals surface area contributed by atoms with E-state index in [0.717, 1.165) is 38.3 Å². The predicted octanol–water partition coefficient (Wildman–Crippen LogP) is 1.46. The third-order valence-corrected chi connectivity index (χ3v) is 6.27. The van der Waals surface area contributed by atoms with Crippen LogP contribution in [0.15, 0.2) is 17.1 Å². The Balaban J connectivity index is 0.00000182. The van der Waals surface area contributed by atoms with Crippen molar-refractivity contribution >= 4 is 41.8 Å². The number of nitrogens with zero attached hydrogens (tertiary/aromatic N) is 3. The van der Waals surface area contributed by atoms with Crippen LogP contribution in [-0.4, -0.2) is 53.8 Å². The maximum absolute atomic E-state index is 12.6. The normalized spacial score (nSPS) is 34.7. The molecule has 2 bridgehead atoms. The summed E-state index contributed by atoms with van der Waals surface area (Å²) in [6, 6.07) is 0. The average molecular weight is 458 g/mol. The number of imide groups is 1. The van der Waals surface area contributed by atoms with Crippen LogP contribution < -0.4 is 5.73 Å². The summed E-state index contributed by atoms with van der Waals surface area (Å²) in [6.07, 6.45) is 7.48. The zero-order valence-corrected chi connectivity index (χ0v) is 17.0. The van der Waals surface area contributed by atoms with E-state index in [1.165, 1.54) is 4.90 Å². The van der Waals surface area contributed by atoms with E-state index in [-0.39, 0.29) is 59.5 Å². The molecule has 4 atom stereocenters. The van der Waals surface area contributed by atoms with Crippen LogP contribution in [0.3, 0.4) is 0 Å². The minimum Gasteiger partial charge on any atom is -0.370 e. The number of carbonyl (C=O) groups is 2. The molecule has 2 heterocycles. The maximum atomic E-state index is 12.6. The van der Waals surface area contributed by atoms with Crippen molar-refractivity contribution in [2.75, 3.05) is 26.2 Å².